The average molecular weight is 842 g/mol. The third-order valence-corrected chi connectivity index (χ3v) is 12.1. The number of esters is 2. The van der Waals surface area contributed by atoms with Crippen LogP contribution in [0.2, 0.25) is 0 Å². The molecule has 2 unspecified atom stereocenters. The molecule has 1 aromatic rings. The largest absolute Gasteiger partial charge is 0.460 e. The molecule has 0 spiro atoms. The Morgan fingerprint density at radius 1 is 0.767 bits per heavy atom. The van der Waals surface area contributed by atoms with Crippen LogP contribution in [0.5, 0.6) is 0 Å². The molecule has 1 aliphatic rings. The molecular formula is C45H71N5O10. The second kappa shape index (κ2) is 23.9. The second-order valence-electron chi connectivity index (χ2n) is 16.7. The van der Waals surface area contributed by atoms with Gasteiger partial charge in [0.1, 0.15) is 30.3 Å². The zero-order valence-electron chi connectivity index (χ0n) is 38.0. The summed E-state index contributed by atoms with van der Waals surface area (Å²) in [7, 11) is 4.33. The first-order valence-corrected chi connectivity index (χ1v) is 21.3. The maximum absolute atomic E-state index is 14.2. The quantitative estimate of drug-likeness (QED) is 0.326. The molecule has 11 atom stereocenters. The average Bonchev–Trinajstić information content (AvgIpc) is 3.24. The summed E-state index contributed by atoms with van der Waals surface area (Å²) in [6.45, 7) is 16.9. The van der Waals surface area contributed by atoms with Crippen LogP contribution in [-0.2, 0) is 49.5 Å². The Bertz CT molecular complexity index is 1670. The lowest BCUT2D eigenvalue weighted by Crippen LogP contribution is -2.58. The summed E-state index contributed by atoms with van der Waals surface area (Å²) in [5.74, 6) is -6.06. The molecule has 0 radical (unpaired) electrons. The molecule has 15 heteroatoms. The molecule has 60 heavy (non-hydrogen) atoms. The van der Waals surface area contributed by atoms with Gasteiger partial charge in [-0.1, -0.05) is 97.7 Å². The lowest BCUT2D eigenvalue weighted by atomic mass is 9.86. The van der Waals surface area contributed by atoms with E-state index in [-0.39, 0.29) is 30.3 Å². The number of ether oxygens (including phenoxy) is 2. The molecule has 0 saturated carbocycles. The summed E-state index contributed by atoms with van der Waals surface area (Å²) in [6, 6.07) is 4.67. The molecule has 0 aromatic heterocycles. The van der Waals surface area contributed by atoms with Gasteiger partial charge in [0, 0.05) is 45.0 Å². The molecule has 0 fully saturated rings. The lowest BCUT2D eigenvalue weighted by Gasteiger charge is -2.35. The highest BCUT2D eigenvalue weighted by molar-refractivity contribution is 5.96. The Morgan fingerprint density at radius 3 is 1.92 bits per heavy atom. The fourth-order valence-corrected chi connectivity index (χ4v) is 6.93. The molecular weight excluding hydrogens is 771 g/mol. The minimum absolute atomic E-state index is 0.00688. The molecule has 1 aromatic carbocycles. The van der Waals surface area contributed by atoms with Crippen LogP contribution in [0.1, 0.15) is 100 Å². The monoisotopic (exact) mass is 842 g/mol. The van der Waals surface area contributed by atoms with E-state index >= 15 is 0 Å². The fourth-order valence-electron chi connectivity index (χ4n) is 6.93. The van der Waals surface area contributed by atoms with Gasteiger partial charge in [-0.05, 0) is 51.0 Å². The standard InChI is InChI=1S/C45H71N5O10/c1-14-26(4)37-43(56)49(12)32(10)45(58)59-38(27(5)15-2)30(8)35(51)23-22-29(7)44(57)60-39(28(6)16-3)40(53)46-31(9)41(54)50(13)34(24-33-20-18-17-19-21-33)42(55)48(11)25-36(52)47-37/h17-22,26-28,30-32,34-35,37-39,51H,14-16,23-25H2,1-13H3,(H,46,53)(H,47,52)/b29-22+/t26-,27+,28+,30+,31+,32+,34-,35+,37+,38?,39?/m1/s1. The number of aliphatic hydroxyl groups is 1. The third kappa shape index (κ3) is 13.9. The Balaban J connectivity index is 2.66. The van der Waals surface area contributed by atoms with E-state index in [2.05, 4.69) is 10.6 Å². The van der Waals surface area contributed by atoms with Gasteiger partial charge in [0.05, 0.1) is 12.6 Å². The maximum Gasteiger partial charge on any atom is 0.334 e. The molecule has 15 nitrogen and oxygen atoms in total. The summed E-state index contributed by atoms with van der Waals surface area (Å²) in [5, 5.41) is 16.8. The molecule has 1 aliphatic heterocycles. The number of benzene rings is 1. The molecule has 1 heterocycles. The van der Waals surface area contributed by atoms with Crippen molar-refractivity contribution in [2.45, 2.75) is 144 Å². The molecule has 2 rings (SSSR count). The van der Waals surface area contributed by atoms with Crippen LogP contribution < -0.4 is 10.6 Å². The van der Waals surface area contributed by atoms with E-state index in [4.69, 9.17) is 9.47 Å². The smallest absolute Gasteiger partial charge is 0.334 e. The van der Waals surface area contributed by atoms with Gasteiger partial charge >= 0.3 is 11.9 Å². The van der Waals surface area contributed by atoms with Gasteiger partial charge in [0.25, 0.3) is 5.91 Å². The predicted molar refractivity (Wildman–Crippen MR) is 228 cm³/mol. The van der Waals surface area contributed by atoms with Crippen molar-refractivity contribution in [3.63, 3.8) is 0 Å². The normalized spacial score (nSPS) is 29.4. The zero-order valence-corrected chi connectivity index (χ0v) is 38.0. The third-order valence-electron chi connectivity index (χ3n) is 12.1. The van der Waals surface area contributed by atoms with Crippen molar-refractivity contribution in [3.05, 3.63) is 47.5 Å². The fraction of sp³-hybridized carbons (Fsp3) is 0.667. The van der Waals surface area contributed by atoms with Gasteiger partial charge < -0.3 is 39.9 Å². The first-order chi connectivity index (χ1) is 28.1. The van der Waals surface area contributed by atoms with E-state index in [0.29, 0.717) is 19.3 Å². The number of hydrogen-bond acceptors (Lipinski definition) is 10. The number of cyclic esters (lactones) is 2. The summed E-state index contributed by atoms with van der Waals surface area (Å²) in [6.07, 6.45) is 0.128. The summed E-state index contributed by atoms with van der Waals surface area (Å²) in [4.78, 5) is 100. The number of aliphatic hydroxyl groups excluding tert-OH is 1. The maximum atomic E-state index is 14.2. The number of nitrogens with one attached hydrogen (secondary N) is 2. The number of nitrogens with zero attached hydrogens (tertiary/aromatic N) is 3. The highest BCUT2D eigenvalue weighted by Gasteiger charge is 2.39. The van der Waals surface area contributed by atoms with Crippen molar-refractivity contribution in [1.82, 2.24) is 25.3 Å². The minimum atomic E-state index is -1.26. The van der Waals surface area contributed by atoms with E-state index in [1.807, 2.05) is 45.9 Å². The van der Waals surface area contributed by atoms with Crippen molar-refractivity contribution in [2.75, 3.05) is 27.7 Å². The molecule has 5 amide bonds. The van der Waals surface area contributed by atoms with Crippen LogP contribution in [0.4, 0.5) is 0 Å². The molecule has 0 bridgehead atoms. The van der Waals surface area contributed by atoms with Crippen molar-refractivity contribution in [3.8, 4) is 0 Å². The number of carbonyl (C=O) groups excluding carboxylic acids is 7. The van der Waals surface area contributed by atoms with Crippen LogP contribution in [-0.4, -0.2) is 131 Å². The van der Waals surface area contributed by atoms with Crippen LogP contribution in [0, 0.1) is 23.7 Å². The van der Waals surface area contributed by atoms with Crippen molar-refractivity contribution >= 4 is 41.5 Å². The summed E-state index contributed by atoms with van der Waals surface area (Å²) < 4.78 is 11.8. The van der Waals surface area contributed by atoms with Crippen LogP contribution in [0.15, 0.2) is 42.0 Å². The Labute approximate surface area is 356 Å². The van der Waals surface area contributed by atoms with Gasteiger partial charge in [-0.25, -0.2) is 9.59 Å². The van der Waals surface area contributed by atoms with E-state index < -0.39 is 102 Å². The lowest BCUT2D eigenvalue weighted by molar-refractivity contribution is -0.166. The Hall–Kier alpha value is -4.79. The number of amides is 5. The number of rotatable bonds is 8. The van der Waals surface area contributed by atoms with E-state index in [9.17, 15) is 38.7 Å². The molecule has 0 saturated heterocycles. The van der Waals surface area contributed by atoms with Crippen LogP contribution in [0.3, 0.4) is 0 Å². The van der Waals surface area contributed by atoms with E-state index in [0.717, 1.165) is 5.56 Å². The zero-order chi connectivity index (χ0) is 45.6. The first-order valence-electron chi connectivity index (χ1n) is 21.3. The van der Waals surface area contributed by atoms with Gasteiger partial charge in [0.2, 0.25) is 23.6 Å². The highest BCUT2D eigenvalue weighted by Crippen LogP contribution is 2.26. The molecule has 3 N–H and O–H groups in total. The van der Waals surface area contributed by atoms with Crippen LogP contribution in [0.25, 0.3) is 0 Å². The van der Waals surface area contributed by atoms with Gasteiger partial charge in [0.15, 0.2) is 6.10 Å². The van der Waals surface area contributed by atoms with E-state index in [1.54, 1.807) is 32.9 Å². The van der Waals surface area contributed by atoms with Gasteiger partial charge in [-0.15, -0.1) is 0 Å². The number of likely N-dealkylation sites (N-methyl/N-ethyl adjacent to an activating group) is 3. The van der Waals surface area contributed by atoms with Gasteiger partial charge in [-0.3, -0.25) is 24.0 Å². The number of hydrogen-bond donors (Lipinski definition) is 3. The minimum Gasteiger partial charge on any atom is -0.460 e. The Kier molecular flexibility index (Phi) is 20.4. The first kappa shape index (κ1) is 51.4. The SMILES string of the molecule is CC[C@@H](C)[C@@H]1NC(=O)CN(C)C(=O)[C@@H](Cc2ccccc2)N(C)C(=O)[C@H](C)NC(=O)C([C@@H](C)CC)OC(=O)/C(C)=C/C[C@H](O)[C@H](C)C([C@@H](C)CC)OC(=O)[C@H](C)N(C)C1=O. The number of carbonyl (C=O) groups is 7. The molecule has 336 valence electrons. The second-order valence-corrected chi connectivity index (χ2v) is 16.7. The van der Waals surface area contributed by atoms with Crippen molar-refractivity contribution < 1.29 is 48.1 Å². The summed E-state index contributed by atoms with van der Waals surface area (Å²) in [5.41, 5.74) is 0.889. The Morgan fingerprint density at radius 2 is 1.35 bits per heavy atom. The van der Waals surface area contributed by atoms with Crippen LogP contribution >= 0.6 is 0 Å². The predicted octanol–water partition coefficient (Wildman–Crippen LogP) is 3.66. The summed E-state index contributed by atoms with van der Waals surface area (Å²) >= 11 is 0. The molecule has 0 aliphatic carbocycles. The topological polar surface area (TPSA) is 192 Å². The van der Waals surface area contributed by atoms with E-state index in [1.165, 1.54) is 62.7 Å². The van der Waals surface area contributed by atoms with Gasteiger partial charge in [-0.2, -0.15) is 0 Å². The van der Waals surface area contributed by atoms with Crippen molar-refractivity contribution in [2.24, 2.45) is 23.7 Å². The highest BCUT2D eigenvalue weighted by atomic mass is 16.6. The van der Waals surface area contributed by atoms with Crippen molar-refractivity contribution in [1.29, 1.82) is 0 Å².